The third-order valence-corrected chi connectivity index (χ3v) is 2.62. The highest BCUT2D eigenvalue weighted by Gasteiger charge is 2.06. The van der Waals surface area contributed by atoms with E-state index < -0.39 is 0 Å². The van der Waals surface area contributed by atoms with Crippen LogP contribution in [0.1, 0.15) is 10.4 Å². The first-order chi connectivity index (χ1) is 9.72. The number of carbonyl (C=O) groups excluding carboxylic acids is 2. The van der Waals surface area contributed by atoms with Gasteiger partial charge in [-0.3, -0.25) is 4.79 Å². The molecule has 101 valence electrons. The lowest BCUT2D eigenvalue weighted by atomic mass is 10.2. The highest BCUT2D eigenvalue weighted by atomic mass is 16.5. The maximum Gasteiger partial charge on any atom is 0.423 e. The average Bonchev–Trinajstić information content (AvgIpc) is 2.49. The van der Waals surface area contributed by atoms with Gasteiger partial charge in [0.1, 0.15) is 11.5 Å². The lowest BCUT2D eigenvalue weighted by Gasteiger charge is -2.06. The smallest absolute Gasteiger partial charge is 0.423 e. The van der Waals surface area contributed by atoms with Gasteiger partial charge in [-0.1, -0.05) is 0 Å². The van der Waals surface area contributed by atoms with E-state index >= 15 is 0 Å². The molecule has 1 N–H and O–H groups in total. The van der Waals surface area contributed by atoms with Crippen molar-refractivity contribution in [2.75, 3.05) is 12.4 Å². The van der Waals surface area contributed by atoms with Gasteiger partial charge in [-0.05, 0) is 48.5 Å². The average molecular weight is 270 g/mol. The van der Waals surface area contributed by atoms with Gasteiger partial charge in [0, 0.05) is 11.3 Å². The fourth-order valence-corrected chi connectivity index (χ4v) is 1.60. The zero-order valence-electron chi connectivity index (χ0n) is 10.8. The summed E-state index contributed by atoms with van der Waals surface area (Å²) in [5.41, 5.74) is 1.12. The molecule has 0 heterocycles. The fraction of sp³-hybridized carbons (Fsp3) is 0.0667. The van der Waals surface area contributed by atoms with Crippen LogP contribution >= 0.6 is 0 Å². The van der Waals surface area contributed by atoms with Gasteiger partial charge in [0.15, 0.2) is 0 Å². The van der Waals surface area contributed by atoms with Crippen molar-refractivity contribution in [3.63, 3.8) is 0 Å². The second-order valence-electron chi connectivity index (χ2n) is 3.89. The van der Waals surface area contributed by atoms with E-state index in [0.717, 1.165) is 0 Å². The van der Waals surface area contributed by atoms with Crippen LogP contribution in [0.3, 0.4) is 0 Å². The van der Waals surface area contributed by atoms with Gasteiger partial charge in [-0.25, -0.2) is 4.79 Å². The highest BCUT2D eigenvalue weighted by molar-refractivity contribution is 6.04. The van der Waals surface area contributed by atoms with Crippen LogP contribution in [0.5, 0.6) is 11.5 Å². The maximum atomic E-state index is 12.0. The van der Waals surface area contributed by atoms with Crippen LogP contribution in [0.4, 0.5) is 5.69 Å². The molecule has 2 rings (SSSR count). The number of hydrogen-bond acceptors (Lipinski definition) is 4. The quantitative estimate of drug-likeness (QED) is 0.906. The fourth-order valence-electron chi connectivity index (χ4n) is 1.60. The summed E-state index contributed by atoms with van der Waals surface area (Å²) in [6.07, 6.45) is 0. The monoisotopic (exact) mass is 270 g/mol. The molecule has 5 heteroatoms. The third-order valence-electron chi connectivity index (χ3n) is 2.62. The number of amides is 1. The Morgan fingerprint density at radius 3 is 2.15 bits per heavy atom. The Morgan fingerprint density at radius 2 is 1.60 bits per heavy atom. The van der Waals surface area contributed by atoms with Crippen LogP contribution in [0.15, 0.2) is 48.5 Å². The topological polar surface area (TPSA) is 64.6 Å². The van der Waals surface area contributed by atoms with Crippen molar-refractivity contribution in [1.29, 1.82) is 0 Å². The Kier molecular flexibility index (Phi) is 4.34. The number of methoxy groups -OCH3 is 1. The molecule has 0 atom stereocenters. The minimum absolute atomic E-state index is 0.233. The van der Waals surface area contributed by atoms with Crippen molar-refractivity contribution in [3.05, 3.63) is 54.1 Å². The molecule has 20 heavy (non-hydrogen) atoms. The highest BCUT2D eigenvalue weighted by Crippen LogP contribution is 2.17. The Hall–Kier alpha value is -2.82. The summed E-state index contributed by atoms with van der Waals surface area (Å²) in [5, 5.41) is 2.73. The summed E-state index contributed by atoms with van der Waals surface area (Å²) in [5.74, 6) is 0.818. The van der Waals surface area contributed by atoms with Gasteiger partial charge < -0.3 is 14.8 Å². The minimum atomic E-state index is -0.233. The third kappa shape index (κ3) is 3.35. The van der Waals surface area contributed by atoms with Crippen LogP contribution in [0.2, 0.25) is 0 Å². The Labute approximate surface area is 116 Å². The number of carbonyl (C=O) groups is 1. The van der Waals surface area contributed by atoms with E-state index in [0.29, 0.717) is 22.7 Å². The first-order valence-electron chi connectivity index (χ1n) is 5.82. The minimum Gasteiger partial charge on any atom is -0.497 e. The second-order valence-corrected chi connectivity index (χ2v) is 3.89. The molecule has 2 aromatic rings. The van der Waals surface area contributed by atoms with Gasteiger partial charge in [-0.2, -0.15) is 0 Å². The summed E-state index contributed by atoms with van der Waals surface area (Å²) in [6.45, 7) is 1.33. The summed E-state index contributed by atoms with van der Waals surface area (Å²) in [7, 11) is 1.56. The molecule has 2 aromatic carbocycles. The van der Waals surface area contributed by atoms with E-state index in [1.54, 1.807) is 55.6 Å². The number of ether oxygens (including phenoxy) is 2. The van der Waals surface area contributed by atoms with Crippen LogP contribution < -0.4 is 14.8 Å². The van der Waals surface area contributed by atoms with Crippen molar-refractivity contribution in [1.82, 2.24) is 0 Å². The summed E-state index contributed by atoms with van der Waals surface area (Å²) >= 11 is 0. The molecule has 0 saturated carbocycles. The molecule has 0 saturated heterocycles. The SMILES string of the molecule is COc1ccc(C(=O)Nc2ccc(O[C]=O)cc2)cc1. The molecule has 1 radical (unpaired) electrons. The van der Waals surface area contributed by atoms with E-state index in [2.05, 4.69) is 10.1 Å². The van der Waals surface area contributed by atoms with E-state index in [-0.39, 0.29) is 5.91 Å². The molecular weight excluding hydrogens is 258 g/mol. The largest absolute Gasteiger partial charge is 0.497 e. The van der Waals surface area contributed by atoms with Gasteiger partial charge in [0.05, 0.1) is 7.11 Å². The van der Waals surface area contributed by atoms with Gasteiger partial charge in [-0.15, -0.1) is 0 Å². The molecule has 0 aliphatic heterocycles. The van der Waals surface area contributed by atoms with Crippen molar-refractivity contribution in [3.8, 4) is 11.5 Å². The van der Waals surface area contributed by atoms with Gasteiger partial charge in [0.2, 0.25) is 0 Å². The van der Waals surface area contributed by atoms with Crippen molar-refractivity contribution >= 4 is 18.1 Å². The number of benzene rings is 2. The van der Waals surface area contributed by atoms with Crippen molar-refractivity contribution in [2.24, 2.45) is 0 Å². The Balaban J connectivity index is 2.04. The summed E-state index contributed by atoms with van der Waals surface area (Å²) < 4.78 is 9.57. The number of anilines is 1. The predicted octanol–water partition coefficient (Wildman–Crippen LogP) is 2.39. The molecule has 0 spiro atoms. The zero-order chi connectivity index (χ0) is 14.4. The maximum absolute atomic E-state index is 12.0. The predicted molar refractivity (Wildman–Crippen MR) is 73.7 cm³/mol. The van der Waals surface area contributed by atoms with Crippen molar-refractivity contribution < 1.29 is 19.1 Å². The number of hydrogen-bond donors (Lipinski definition) is 1. The van der Waals surface area contributed by atoms with Crippen LogP contribution in [-0.4, -0.2) is 19.5 Å². The molecular formula is C15H12NO4. The van der Waals surface area contributed by atoms with Crippen LogP contribution in [0, 0.1) is 0 Å². The van der Waals surface area contributed by atoms with Crippen molar-refractivity contribution in [2.45, 2.75) is 0 Å². The van der Waals surface area contributed by atoms with E-state index in [1.165, 1.54) is 6.47 Å². The molecule has 0 unspecified atom stereocenters. The summed E-state index contributed by atoms with van der Waals surface area (Å²) in [4.78, 5) is 22.0. The first-order valence-corrected chi connectivity index (χ1v) is 5.82. The molecule has 1 amide bonds. The van der Waals surface area contributed by atoms with Gasteiger partial charge in [0.25, 0.3) is 5.91 Å². The van der Waals surface area contributed by atoms with E-state index in [9.17, 15) is 9.59 Å². The molecule has 5 nitrogen and oxygen atoms in total. The molecule has 0 aromatic heterocycles. The summed E-state index contributed by atoms with van der Waals surface area (Å²) in [6, 6.07) is 13.2. The van der Waals surface area contributed by atoms with Crippen LogP contribution in [0.25, 0.3) is 0 Å². The number of rotatable bonds is 5. The van der Waals surface area contributed by atoms with E-state index in [4.69, 9.17) is 4.74 Å². The standard InChI is InChI=1S/C15H12NO4/c1-19-13-6-2-11(3-7-13)15(18)16-12-4-8-14(9-5-12)20-10-17/h2-9H,1H3,(H,16,18). The van der Waals surface area contributed by atoms with E-state index in [1.807, 2.05) is 0 Å². The second kappa shape index (κ2) is 6.38. The zero-order valence-corrected chi connectivity index (χ0v) is 10.8. The normalized spacial score (nSPS) is 9.65. The van der Waals surface area contributed by atoms with Gasteiger partial charge >= 0.3 is 6.47 Å². The molecule has 0 bridgehead atoms. The molecule has 0 aliphatic rings. The Morgan fingerprint density at radius 1 is 1.00 bits per heavy atom. The Bertz CT molecular complexity index is 590. The molecule has 0 fully saturated rings. The first kappa shape index (κ1) is 13.6. The molecule has 0 aliphatic carbocycles. The number of nitrogens with one attached hydrogen (secondary N) is 1. The lowest BCUT2D eigenvalue weighted by molar-refractivity contribution is 0.102. The lowest BCUT2D eigenvalue weighted by Crippen LogP contribution is -2.11. The van der Waals surface area contributed by atoms with Crippen LogP contribution in [-0.2, 0) is 4.79 Å².